The largest absolute Gasteiger partial charge is 0.468 e. The molecule has 0 amide bonds. The Bertz CT molecular complexity index is 621. The van der Waals surface area contributed by atoms with E-state index in [9.17, 15) is 17.6 Å². The van der Waals surface area contributed by atoms with Gasteiger partial charge in [-0.1, -0.05) is 18.5 Å². The van der Waals surface area contributed by atoms with Crippen molar-refractivity contribution in [2.45, 2.75) is 11.8 Å². The molecule has 9 heteroatoms. The van der Waals surface area contributed by atoms with Crippen molar-refractivity contribution in [3.63, 3.8) is 0 Å². The number of sulfonamides is 1. The van der Waals surface area contributed by atoms with Crippen molar-refractivity contribution < 1.29 is 22.3 Å². The van der Waals surface area contributed by atoms with Crippen molar-refractivity contribution in [3.8, 4) is 0 Å². The number of carbonyl (C=O) groups is 1. The Morgan fingerprint density at radius 3 is 2.60 bits per heavy atom. The highest BCUT2D eigenvalue weighted by atomic mass is 35.5. The summed E-state index contributed by atoms with van der Waals surface area (Å²) in [5, 5.41) is -0.405. The van der Waals surface area contributed by atoms with Crippen LogP contribution in [-0.2, 0) is 19.6 Å². The standard InChI is InChI=1S/C11H14ClFN2O4S/c1-3-15(6-10(16)19-2)20(17,18)9-5-7(14)4-8(12)11(9)13/h4-5H,3,6,14H2,1-2H3. The predicted octanol–water partition coefficient (Wildman–Crippen LogP) is 1.24. The number of nitrogens with two attached hydrogens (primary N) is 1. The van der Waals surface area contributed by atoms with Gasteiger partial charge in [-0.3, -0.25) is 4.79 Å². The molecule has 1 rings (SSSR count). The van der Waals surface area contributed by atoms with E-state index in [1.165, 1.54) is 6.92 Å². The third kappa shape index (κ3) is 3.38. The summed E-state index contributed by atoms with van der Waals surface area (Å²) in [5.74, 6) is -1.87. The number of carbonyl (C=O) groups excluding carboxylic acids is 1. The molecule has 112 valence electrons. The van der Waals surface area contributed by atoms with Crippen molar-refractivity contribution in [1.82, 2.24) is 4.31 Å². The lowest BCUT2D eigenvalue weighted by Crippen LogP contribution is -2.36. The SMILES string of the molecule is CCN(CC(=O)OC)S(=O)(=O)c1cc(N)cc(Cl)c1F. The maximum Gasteiger partial charge on any atom is 0.321 e. The molecular formula is C11H14ClFN2O4S. The fourth-order valence-corrected chi connectivity index (χ4v) is 3.28. The molecule has 0 atom stereocenters. The summed E-state index contributed by atoms with van der Waals surface area (Å²) in [6.07, 6.45) is 0. The van der Waals surface area contributed by atoms with E-state index in [2.05, 4.69) is 4.74 Å². The molecular weight excluding hydrogens is 311 g/mol. The van der Waals surface area contributed by atoms with E-state index in [1.807, 2.05) is 0 Å². The molecule has 0 spiro atoms. The van der Waals surface area contributed by atoms with Crippen LogP contribution in [0.1, 0.15) is 6.92 Å². The number of nitrogen functional groups attached to an aromatic ring is 1. The van der Waals surface area contributed by atoms with Crippen molar-refractivity contribution in [2.24, 2.45) is 0 Å². The molecule has 0 aromatic heterocycles. The lowest BCUT2D eigenvalue weighted by molar-refractivity contribution is -0.140. The van der Waals surface area contributed by atoms with Crippen LogP contribution in [0.25, 0.3) is 0 Å². The first-order chi connectivity index (χ1) is 9.23. The number of hydrogen-bond donors (Lipinski definition) is 1. The van der Waals surface area contributed by atoms with Crippen molar-refractivity contribution in [2.75, 3.05) is 25.9 Å². The molecule has 0 bridgehead atoms. The van der Waals surface area contributed by atoms with Gasteiger partial charge in [-0.2, -0.15) is 4.31 Å². The number of esters is 1. The van der Waals surface area contributed by atoms with Crippen LogP contribution in [0.2, 0.25) is 5.02 Å². The Labute approximate surface area is 121 Å². The summed E-state index contributed by atoms with van der Waals surface area (Å²) < 4.78 is 43.7. The van der Waals surface area contributed by atoms with E-state index >= 15 is 0 Å². The van der Waals surface area contributed by atoms with Gasteiger partial charge in [0.25, 0.3) is 0 Å². The molecule has 0 heterocycles. The maximum absolute atomic E-state index is 13.9. The Hall–Kier alpha value is -1.38. The third-order valence-corrected chi connectivity index (χ3v) is 4.72. The molecule has 0 saturated carbocycles. The van der Waals surface area contributed by atoms with E-state index in [1.54, 1.807) is 0 Å². The zero-order valence-electron chi connectivity index (χ0n) is 10.9. The van der Waals surface area contributed by atoms with Gasteiger partial charge in [-0.05, 0) is 12.1 Å². The third-order valence-electron chi connectivity index (χ3n) is 2.52. The highest BCUT2D eigenvalue weighted by Gasteiger charge is 2.29. The van der Waals surface area contributed by atoms with Gasteiger partial charge in [-0.15, -0.1) is 0 Å². The van der Waals surface area contributed by atoms with Gasteiger partial charge < -0.3 is 10.5 Å². The topological polar surface area (TPSA) is 89.7 Å². The van der Waals surface area contributed by atoms with Crippen LogP contribution in [-0.4, -0.2) is 38.9 Å². The van der Waals surface area contributed by atoms with Gasteiger partial charge in [0.05, 0.1) is 12.1 Å². The summed E-state index contributed by atoms with van der Waals surface area (Å²) in [5.41, 5.74) is 5.47. The number of hydrogen-bond acceptors (Lipinski definition) is 5. The molecule has 1 aromatic carbocycles. The fourth-order valence-electron chi connectivity index (χ4n) is 1.49. The normalized spacial score (nSPS) is 11.7. The second-order valence-corrected chi connectivity index (χ2v) is 6.14. The van der Waals surface area contributed by atoms with Gasteiger partial charge in [0, 0.05) is 12.2 Å². The Balaban J connectivity index is 3.31. The van der Waals surface area contributed by atoms with Crippen LogP contribution >= 0.6 is 11.6 Å². The van der Waals surface area contributed by atoms with E-state index in [0.717, 1.165) is 23.5 Å². The average Bonchev–Trinajstić information content (AvgIpc) is 2.39. The summed E-state index contributed by atoms with van der Waals surface area (Å²) in [6, 6.07) is 2.06. The summed E-state index contributed by atoms with van der Waals surface area (Å²) in [7, 11) is -3.11. The molecule has 0 saturated heterocycles. The number of anilines is 1. The molecule has 0 aliphatic rings. The highest BCUT2D eigenvalue weighted by Crippen LogP contribution is 2.27. The monoisotopic (exact) mass is 324 g/mol. The van der Waals surface area contributed by atoms with Crippen molar-refractivity contribution in [1.29, 1.82) is 0 Å². The lowest BCUT2D eigenvalue weighted by atomic mass is 10.3. The molecule has 20 heavy (non-hydrogen) atoms. The predicted molar refractivity (Wildman–Crippen MR) is 72.3 cm³/mol. The maximum atomic E-state index is 13.9. The number of halogens is 2. The Morgan fingerprint density at radius 1 is 1.50 bits per heavy atom. The van der Waals surface area contributed by atoms with Crippen LogP contribution < -0.4 is 5.73 Å². The number of benzene rings is 1. The first-order valence-electron chi connectivity index (χ1n) is 5.55. The first kappa shape index (κ1) is 16.7. The van der Waals surface area contributed by atoms with Crippen LogP contribution in [0, 0.1) is 5.82 Å². The van der Waals surface area contributed by atoms with Gasteiger partial charge in [0.15, 0.2) is 5.82 Å². The molecule has 6 nitrogen and oxygen atoms in total. The molecule has 0 aliphatic carbocycles. The number of nitrogens with zero attached hydrogens (tertiary/aromatic N) is 1. The summed E-state index contributed by atoms with van der Waals surface area (Å²) >= 11 is 5.58. The van der Waals surface area contributed by atoms with Gasteiger partial charge in [0.1, 0.15) is 11.4 Å². The molecule has 1 aromatic rings. The average molecular weight is 325 g/mol. The van der Waals surface area contributed by atoms with Crippen molar-refractivity contribution >= 4 is 33.3 Å². The van der Waals surface area contributed by atoms with Gasteiger partial charge in [0.2, 0.25) is 10.0 Å². The first-order valence-corrected chi connectivity index (χ1v) is 7.37. The van der Waals surface area contributed by atoms with Crippen LogP contribution in [0.15, 0.2) is 17.0 Å². The molecule has 0 fully saturated rings. The van der Waals surface area contributed by atoms with E-state index in [0.29, 0.717) is 0 Å². The van der Waals surface area contributed by atoms with Crippen LogP contribution in [0.5, 0.6) is 0 Å². The minimum absolute atomic E-state index is 0.00379. The molecule has 0 radical (unpaired) electrons. The zero-order chi connectivity index (χ0) is 15.5. The lowest BCUT2D eigenvalue weighted by Gasteiger charge is -2.20. The van der Waals surface area contributed by atoms with Crippen LogP contribution in [0.3, 0.4) is 0 Å². The number of ether oxygens (including phenoxy) is 1. The number of methoxy groups -OCH3 is 1. The second kappa shape index (κ2) is 6.38. The number of likely N-dealkylation sites (N-methyl/N-ethyl adjacent to an activating group) is 1. The zero-order valence-corrected chi connectivity index (χ0v) is 12.5. The minimum atomic E-state index is -4.24. The Morgan fingerprint density at radius 2 is 2.10 bits per heavy atom. The quantitative estimate of drug-likeness (QED) is 0.650. The minimum Gasteiger partial charge on any atom is -0.468 e. The number of rotatable bonds is 5. The van der Waals surface area contributed by atoms with E-state index in [4.69, 9.17) is 17.3 Å². The van der Waals surface area contributed by atoms with E-state index < -0.39 is 38.3 Å². The fraction of sp³-hybridized carbons (Fsp3) is 0.364. The molecule has 0 unspecified atom stereocenters. The van der Waals surface area contributed by atoms with Crippen LogP contribution in [0.4, 0.5) is 10.1 Å². The molecule has 0 aliphatic heterocycles. The van der Waals surface area contributed by atoms with E-state index in [-0.39, 0.29) is 12.2 Å². The smallest absolute Gasteiger partial charge is 0.321 e. The summed E-state index contributed by atoms with van der Waals surface area (Å²) in [4.78, 5) is 10.5. The van der Waals surface area contributed by atoms with Gasteiger partial charge >= 0.3 is 5.97 Å². The molecule has 2 N–H and O–H groups in total. The summed E-state index contributed by atoms with van der Waals surface area (Å²) in [6.45, 7) is 0.941. The Kier molecular flexibility index (Phi) is 5.32. The van der Waals surface area contributed by atoms with Gasteiger partial charge in [-0.25, -0.2) is 12.8 Å². The van der Waals surface area contributed by atoms with Crippen molar-refractivity contribution in [3.05, 3.63) is 23.0 Å². The second-order valence-electron chi connectivity index (χ2n) is 3.82. The highest BCUT2D eigenvalue weighted by molar-refractivity contribution is 7.89.